The number of carboxylic acids is 1. The summed E-state index contributed by atoms with van der Waals surface area (Å²) in [4.78, 5) is 9.45. The quantitative estimate of drug-likeness (QED) is 0.643. The Kier molecular flexibility index (Phi) is 11.5. The molecule has 0 aliphatic carbocycles. The predicted molar refractivity (Wildman–Crippen MR) is 31.0 cm³/mol. The van der Waals surface area contributed by atoms with Gasteiger partial charge in [-0.3, -0.25) is 0 Å². The van der Waals surface area contributed by atoms with Gasteiger partial charge in [0.1, 0.15) is 6.10 Å². The second-order valence-electron chi connectivity index (χ2n) is 1.06. The number of aliphatic hydroxyl groups is 1. The molecular formula is C3H6Cl2NiO3. The van der Waals surface area contributed by atoms with Gasteiger partial charge in [-0.15, -0.1) is 0 Å². The summed E-state index contributed by atoms with van der Waals surface area (Å²) in [5.74, 6) is -1.19. The predicted octanol–water partition coefficient (Wildman–Crippen LogP) is 0.828. The molecule has 0 amide bonds. The number of hydrogen-bond acceptors (Lipinski definition) is 2. The molecule has 2 N–H and O–H groups in total. The van der Waals surface area contributed by atoms with E-state index in [9.17, 15) is 4.79 Å². The van der Waals surface area contributed by atoms with E-state index in [1.165, 1.54) is 6.92 Å². The van der Waals surface area contributed by atoms with Gasteiger partial charge in [0.2, 0.25) is 0 Å². The van der Waals surface area contributed by atoms with Gasteiger partial charge in [-0.2, -0.15) is 0 Å². The second kappa shape index (κ2) is 8.50. The van der Waals surface area contributed by atoms with Crippen molar-refractivity contribution in [3.63, 3.8) is 0 Å². The second-order valence-corrected chi connectivity index (χ2v) is 2.69. The first-order valence-electron chi connectivity index (χ1n) is 1.79. The zero-order chi connectivity index (χ0) is 7.86. The van der Waals surface area contributed by atoms with E-state index in [1.54, 1.807) is 0 Å². The summed E-state index contributed by atoms with van der Waals surface area (Å²) in [6.45, 7) is 1.20. The first-order chi connectivity index (χ1) is 4.06. The van der Waals surface area contributed by atoms with E-state index in [2.05, 4.69) is 0 Å². The fourth-order valence-corrected chi connectivity index (χ4v) is 0. The zero-order valence-electron chi connectivity index (χ0n) is 4.45. The molecule has 9 heavy (non-hydrogen) atoms. The van der Waals surface area contributed by atoms with Crippen LogP contribution in [0.2, 0.25) is 0 Å². The summed E-state index contributed by atoms with van der Waals surface area (Å²) in [5.41, 5.74) is 0. The molecule has 0 aromatic carbocycles. The Morgan fingerprint density at radius 3 is 1.78 bits per heavy atom. The van der Waals surface area contributed by atoms with Crippen molar-refractivity contribution in [3.8, 4) is 0 Å². The van der Waals surface area contributed by atoms with E-state index in [0.717, 1.165) is 0 Å². The third kappa shape index (κ3) is 17.7. The monoisotopic (exact) mass is 218 g/mol. The Morgan fingerprint density at radius 2 is 1.78 bits per heavy atom. The van der Waals surface area contributed by atoms with Crippen LogP contribution >= 0.6 is 20.4 Å². The number of halogens is 2. The zero-order valence-corrected chi connectivity index (χ0v) is 6.95. The molecule has 0 aliphatic rings. The van der Waals surface area contributed by atoms with E-state index in [-0.39, 0.29) is 0 Å². The Labute approximate surface area is 67.3 Å². The van der Waals surface area contributed by atoms with Crippen LogP contribution in [-0.2, 0) is 17.4 Å². The molecule has 0 saturated carbocycles. The molecule has 1 atom stereocenters. The molecule has 60 valence electrons. The SMILES string of the molecule is CC(O)C(=O)O.[Cl][Ni][Cl]. The molecule has 0 radical (unpaired) electrons. The van der Waals surface area contributed by atoms with Crippen molar-refractivity contribution in [1.82, 2.24) is 0 Å². The molecular weight excluding hydrogens is 214 g/mol. The van der Waals surface area contributed by atoms with Gasteiger partial charge >= 0.3 is 39.0 Å². The van der Waals surface area contributed by atoms with Crippen LogP contribution in [0.4, 0.5) is 0 Å². The minimum absolute atomic E-state index is 0.569. The third-order valence-corrected chi connectivity index (χ3v) is 0.357. The van der Waals surface area contributed by atoms with Gasteiger partial charge in [0.05, 0.1) is 0 Å². The number of carboxylic acid groups (broad SMARTS) is 1. The molecule has 0 bridgehead atoms. The van der Waals surface area contributed by atoms with Crippen molar-refractivity contribution in [2.45, 2.75) is 13.0 Å². The van der Waals surface area contributed by atoms with E-state index in [4.69, 9.17) is 30.6 Å². The molecule has 0 fully saturated rings. The Morgan fingerprint density at radius 1 is 1.67 bits per heavy atom. The van der Waals surface area contributed by atoms with Crippen LogP contribution in [0, 0.1) is 0 Å². The Bertz CT molecular complexity index is 77.5. The van der Waals surface area contributed by atoms with Crippen molar-refractivity contribution >= 4 is 26.4 Å². The molecule has 0 aromatic heterocycles. The topological polar surface area (TPSA) is 57.5 Å². The summed E-state index contributed by atoms with van der Waals surface area (Å²) in [5, 5.41) is 15.8. The van der Waals surface area contributed by atoms with Crippen molar-refractivity contribution in [1.29, 1.82) is 0 Å². The van der Waals surface area contributed by atoms with Crippen LogP contribution in [0.15, 0.2) is 0 Å². The third-order valence-electron chi connectivity index (χ3n) is 0.357. The van der Waals surface area contributed by atoms with E-state index >= 15 is 0 Å². The molecule has 0 spiro atoms. The average Bonchev–Trinajstić information content (AvgIpc) is 1.68. The van der Waals surface area contributed by atoms with Gasteiger partial charge in [0, 0.05) is 0 Å². The van der Waals surface area contributed by atoms with E-state index < -0.39 is 12.1 Å². The molecule has 0 aliphatic heterocycles. The van der Waals surface area contributed by atoms with E-state index in [1.807, 2.05) is 0 Å². The Hall–Kier alpha value is 0.504. The normalized spacial score (nSPS) is 11.6. The van der Waals surface area contributed by atoms with Crippen LogP contribution in [-0.4, -0.2) is 22.3 Å². The van der Waals surface area contributed by atoms with E-state index in [0.29, 0.717) is 12.7 Å². The number of rotatable bonds is 1. The van der Waals surface area contributed by atoms with Crippen molar-refractivity contribution < 1.29 is 27.7 Å². The van der Waals surface area contributed by atoms with Crippen LogP contribution in [0.3, 0.4) is 0 Å². The summed E-state index contributed by atoms with van der Waals surface area (Å²) >= 11 is 0.569. The summed E-state index contributed by atoms with van der Waals surface area (Å²) in [7, 11) is 9.40. The molecule has 0 heterocycles. The number of aliphatic hydroxyl groups excluding tert-OH is 1. The van der Waals surface area contributed by atoms with Gasteiger partial charge in [-0.25, -0.2) is 4.79 Å². The fraction of sp³-hybridized carbons (Fsp3) is 0.667. The van der Waals surface area contributed by atoms with Gasteiger partial charge in [-0.1, -0.05) is 0 Å². The molecule has 3 nitrogen and oxygen atoms in total. The van der Waals surface area contributed by atoms with Gasteiger partial charge < -0.3 is 10.2 Å². The first-order valence-corrected chi connectivity index (χ1v) is 4.51. The van der Waals surface area contributed by atoms with Gasteiger partial charge in [0.25, 0.3) is 0 Å². The molecule has 6 heteroatoms. The van der Waals surface area contributed by atoms with Gasteiger partial charge in [0.15, 0.2) is 0 Å². The maximum absolute atomic E-state index is 9.45. The van der Waals surface area contributed by atoms with Gasteiger partial charge in [-0.05, 0) is 6.92 Å². The van der Waals surface area contributed by atoms with Crippen LogP contribution in [0.5, 0.6) is 0 Å². The molecule has 0 rings (SSSR count). The summed E-state index contributed by atoms with van der Waals surface area (Å²) in [6.07, 6.45) is -1.23. The first kappa shape index (κ1) is 12.2. The number of carbonyl (C=O) groups is 1. The van der Waals surface area contributed by atoms with Crippen molar-refractivity contribution in [3.05, 3.63) is 0 Å². The maximum atomic E-state index is 9.45. The average molecular weight is 220 g/mol. The number of aliphatic carboxylic acids is 1. The summed E-state index contributed by atoms with van der Waals surface area (Å²) in [6, 6.07) is 0. The van der Waals surface area contributed by atoms with Crippen LogP contribution in [0.25, 0.3) is 0 Å². The van der Waals surface area contributed by atoms with Crippen LogP contribution < -0.4 is 0 Å². The summed E-state index contributed by atoms with van der Waals surface area (Å²) < 4.78 is 0. The molecule has 0 saturated heterocycles. The Balaban J connectivity index is 0. The fourth-order valence-electron chi connectivity index (χ4n) is 0. The van der Waals surface area contributed by atoms with Crippen molar-refractivity contribution in [2.24, 2.45) is 0 Å². The minimum atomic E-state index is -1.23. The molecule has 1 unspecified atom stereocenters. The van der Waals surface area contributed by atoms with Crippen molar-refractivity contribution in [2.75, 3.05) is 0 Å². The molecule has 0 aromatic rings. The van der Waals surface area contributed by atoms with Crippen LogP contribution in [0.1, 0.15) is 6.92 Å². The standard InChI is InChI=1S/C3H6O3.2ClH.Ni/c1-2(4)3(5)6;;;/h2,4H,1H3,(H,5,6);2*1H;/q;;;+2/p-2. The number of hydrogen-bond donors (Lipinski definition) is 2.